The highest BCUT2D eigenvalue weighted by atomic mass is 32.1. The van der Waals surface area contributed by atoms with E-state index < -0.39 is 5.82 Å². The second-order valence-electron chi connectivity index (χ2n) is 4.85. The molecule has 0 saturated carbocycles. The van der Waals surface area contributed by atoms with Gasteiger partial charge in [0.25, 0.3) is 5.91 Å². The monoisotopic (exact) mass is 361 g/mol. The molecule has 122 valence electrons. The summed E-state index contributed by atoms with van der Waals surface area (Å²) in [6.07, 6.45) is 0.0430. The SMILES string of the molecule is O=C(Cc1csc(NC(=O)c2ccsc2)n1)Nc1cccc(F)c1. The molecule has 0 aliphatic rings. The van der Waals surface area contributed by atoms with Crippen molar-refractivity contribution in [1.82, 2.24) is 4.98 Å². The van der Waals surface area contributed by atoms with Crippen molar-refractivity contribution in [2.75, 3.05) is 10.6 Å². The Kier molecular flexibility index (Phi) is 4.97. The Morgan fingerprint density at radius 3 is 2.79 bits per heavy atom. The zero-order valence-electron chi connectivity index (χ0n) is 12.3. The Morgan fingerprint density at radius 2 is 2.04 bits per heavy atom. The number of nitrogens with one attached hydrogen (secondary N) is 2. The van der Waals surface area contributed by atoms with Crippen molar-refractivity contribution < 1.29 is 14.0 Å². The van der Waals surface area contributed by atoms with Crippen LogP contribution in [0.3, 0.4) is 0 Å². The highest BCUT2D eigenvalue weighted by molar-refractivity contribution is 7.14. The van der Waals surface area contributed by atoms with Crippen LogP contribution in [0, 0.1) is 5.82 Å². The van der Waals surface area contributed by atoms with Crippen LogP contribution in [0.2, 0.25) is 0 Å². The van der Waals surface area contributed by atoms with Crippen LogP contribution >= 0.6 is 22.7 Å². The van der Waals surface area contributed by atoms with Crippen LogP contribution in [0.4, 0.5) is 15.2 Å². The molecule has 2 amide bonds. The van der Waals surface area contributed by atoms with Crippen LogP contribution in [-0.2, 0) is 11.2 Å². The fraction of sp³-hybridized carbons (Fsp3) is 0.0625. The van der Waals surface area contributed by atoms with Gasteiger partial charge in [0.1, 0.15) is 5.82 Å². The van der Waals surface area contributed by atoms with E-state index in [4.69, 9.17) is 0 Å². The van der Waals surface area contributed by atoms with Crippen LogP contribution in [-0.4, -0.2) is 16.8 Å². The fourth-order valence-corrected chi connectivity index (χ4v) is 3.29. The standard InChI is InChI=1S/C16H12FN3O2S2/c17-11-2-1-3-12(6-11)18-14(21)7-13-9-24-16(19-13)20-15(22)10-4-5-23-8-10/h1-6,8-9H,7H2,(H,18,21)(H,19,20,22). The predicted octanol–water partition coefficient (Wildman–Crippen LogP) is 3.78. The topological polar surface area (TPSA) is 71.1 Å². The summed E-state index contributed by atoms with van der Waals surface area (Å²) in [5, 5.41) is 11.0. The zero-order chi connectivity index (χ0) is 16.9. The van der Waals surface area contributed by atoms with Crippen LogP contribution in [0.5, 0.6) is 0 Å². The molecule has 0 fully saturated rings. The number of nitrogens with zero attached hydrogens (tertiary/aromatic N) is 1. The van der Waals surface area contributed by atoms with E-state index in [-0.39, 0.29) is 18.2 Å². The zero-order valence-corrected chi connectivity index (χ0v) is 13.9. The van der Waals surface area contributed by atoms with Crippen LogP contribution < -0.4 is 10.6 Å². The number of rotatable bonds is 5. The largest absolute Gasteiger partial charge is 0.326 e. The molecule has 0 saturated heterocycles. The lowest BCUT2D eigenvalue weighted by atomic mass is 10.3. The first-order valence-corrected chi connectivity index (χ1v) is 8.76. The number of anilines is 2. The Morgan fingerprint density at radius 1 is 1.17 bits per heavy atom. The lowest BCUT2D eigenvalue weighted by molar-refractivity contribution is -0.115. The second-order valence-corrected chi connectivity index (χ2v) is 6.48. The summed E-state index contributed by atoms with van der Waals surface area (Å²) in [7, 11) is 0. The molecule has 0 spiro atoms. The lowest BCUT2D eigenvalue weighted by Crippen LogP contribution is -2.15. The van der Waals surface area contributed by atoms with Gasteiger partial charge in [-0.05, 0) is 29.6 Å². The van der Waals surface area contributed by atoms with E-state index in [1.807, 2.05) is 5.38 Å². The van der Waals surface area contributed by atoms with Gasteiger partial charge in [-0.3, -0.25) is 14.9 Å². The van der Waals surface area contributed by atoms with Crippen molar-refractivity contribution in [3.63, 3.8) is 0 Å². The number of benzene rings is 1. The summed E-state index contributed by atoms with van der Waals surface area (Å²) >= 11 is 2.68. The number of carbonyl (C=O) groups is 2. The number of hydrogen-bond donors (Lipinski definition) is 2. The van der Waals surface area contributed by atoms with Crippen LogP contribution in [0.1, 0.15) is 16.1 Å². The third-order valence-corrected chi connectivity index (χ3v) is 4.50. The molecular formula is C16H12FN3O2S2. The summed E-state index contributed by atoms with van der Waals surface area (Å²) in [6, 6.07) is 7.39. The Bertz CT molecular complexity index is 862. The molecule has 0 aliphatic carbocycles. The summed E-state index contributed by atoms with van der Waals surface area (Å²) in [6.45, 7) is 0. The smallest absolute Gasteiger partial charge is 0.258 e. The highest BCUT2D eigenvalue weighted by Crippen LogP contribution is 2.18. The van der Waals surface area contributed by atoms with Crippen LogP contribution in [0.25, 0.3) is 0 Å². The number of aromatic nitrogens is 1. The maximum atomic E-state index is 13.1. The first kappa shape index (κ1) is 16.3. The number of amides is 2. The van der Waals surface area contributed by atoms with E-state index in [2.05, 4.69) is 15.6 Å². The fourth-order valence-electron chi connectivity index (χ4n) is 1.94. The van der Waals surface area contributed by atoms with E-state index in [1.54, 1.807) is 22.9 Å². The first-order valence-electron chi connectivity index (χ1n) is 6.93. The van der Waals surface area contributed by atoms with Crippen molar-refractivity contribution >= 4 is 45.3 Å². The van der Waals surface area contributed by atoms with Crippen molar-refractivity contribution in [3.8, 4) is 0 Å². The van der Waals surface area contributed by atoms with Gasteiger partial charge >= 0.3 is 0 Å². The third-order valence-electron chi connectivity index (χ3n) is 3.01. The first-order chi connectivity index (χ1) is 11.6. The second kappa shape index (κ2) is 7.33. The Labute approximate surface area is 145 Å². The van der Waals surface area contributed by atoms with Crippen molar-refractivity contribution in [3.05, 3.63) is 63.5 Å². The molecule has 8 heteroatoms. The summed E-state index contributed by atoms with van der Waals surface area (Å²) in [5.74, 6) is -0.956. The number of hydrogen-bond acceptors (Lipinski definition) is 5. The Hall–Kier alpha value is -2.58. The molecule has 2 aromatic heterocycles. The maximum Gasteiger partial charge on any atom is 0.258 e. The van der Waals surface area contributed by atoms with Crippen molar-refractivity contribution in [1.29, 1.82) is 0 Å². The van der Waals surface area contributed by atoms with Gasteiger partial charge in [-0.2, -0.15) is 11.3 Å². The quantitative estimate of drug-likeness (QED) is 0.726. The predicted molar refractivity (Wildman–Crippen MR) is 93.1 cm³/mol. The molecule has 24 heavy (non-hydrogen) atoms. The number of carbonyl (C=O) groups excluding carboxylic acids is 2. The molecule has 0 radical (unpaired) electrons. The van der Waals surface area contributed by atoms with Gasteiger partial charge in [0.15, 0.2) is 5.13 Å². The summed E-state index contributed by atoms with van der Waals surface area (Å²) in [4.78, 5) is 28.1. The van der Waals surface area contributed by atoms with E-state index >= 15 is 0 Å². The lowest BCUT2D eigenvalue weighted by Gasteiger charge is -2.03. The van der Waals surface area contributed by atoms with E-state index in [9.17, 15) is 14.0 Å². The van der Waals surface area contributed by atoms with Gasteiger partial charge in [-0.15, -0.1) is 11.3 Å². The molecule has 0 bridgehead atoms. The van der Waals surface area contributed by atoms with E-state index in [1.165, 1.54) is 40.9 Å². The number of thiazole rings is 1. The molecule has 0 atom stereocenters. The molecule has 3 aromatic rings. The van der Waals surface area contributed by atoms with Gasteiger partial charge in [0, 0.05) is 16.4 Å². The molecule has 0 aliphatic heterocycles. The van der Waals surface area contributed by atoms with Gasteiger partial charge in [0.05, 0.1) is 17.7 Å². The van der Waals surface area contributed by atoms with Crippen LogP contribution in [0.15, 0.2) is 46.5 Å². The molecule has 2 N–H and O–H groups in total. The third kappa shape index (κ3) is 4.24. The normalized spacial score (nSPS) is 10.4. The maximum absolute atomic E-state index is 13.1. The van der Waals surface area contributed by atoms with Gasteiger partial charge in [-0.1, -0.05) is 6.07 Å². The average molecular weight is 361 g/mol. The van der Waals surface area contributed by atoms with Crippen molar-refractivity contribution in [2.24, 2.45) is 0 Å². The minimum Gasteiger partial charge on any atom is -0.326 e. The van der Waals surface area contributed by atoms with E-state index in [0.29, 0.717) is 22.1 Å². The molecule has 2 heterocycles. The minimum absolute atomic E-state index is 0.0430. The molecule has 3 rings (SSSR count). The molecule has 0 unspecified atom stereocenters. The average Bonchev–Trinajstić information content (AvgIpc) is 3.19. The number of halogens is 1. The molecule has 5 nitrogen and oxygen atoms in total. The van der Waals surface area contributed by atoms with Gasteiger partial charge in [0.2, 0.25) is 5.91 Å². The van der Waals surface area contributed by atoms with E-state index in [0.717, 1.165) is 0 Å². The summed E-state index contributed by atoms with van der Waals surface area (Å²) in [5.41, 5.74) is 1.50. The Balaban J connectivity index is 1.57. The highest BCUT2D eigenvalue weighted by Gasteiger charge is 2.11. The number of thiophene rings is 1. The minimum atomic E-state index is -0.417. The van der Waals surface area contributed by atoms with Crippen molar-refractivity contribution in [2.45, 2.75) is 6.42 Å². The molecule has 1 aromatic carbocycles. The van der Waals surface area contributed by atoms with Gasteiger partial charge < -0.3 is 5.32 Å². The molecular weight excluding hydrogens is 349 g/mol. The van der Waals surface area contributed by atoms with Gasteiger partial charge in [-0.25, -0.2) is 9.37 Å². The summed E-state index contributed by atoms with van der Waals surface area (Å²) < 4.78 is 13.1.